The summed E-state index contributed by atoms with van der Waals surface area (Å²) in [4.78, 5) is 12.7. The number of fused-ring (bicyclic) bond motifs is 2. The van der Waals surface area contributed by atoms with Gasteiger partial charge < -0.3 is 0 Å². The van der Waals surface area contributed by atoms with E-state index in [1.54, 1.807) is 24.3 Å². The zero-order valence-corrected chi connectivity index (χ0v) is 13.1. The maximum Gasteiger partial charge on any atom is 0.189 e. The van der Waals surface area contributed by atoms with Crippen molar-refractivity contribution < 1.29 is 13.2 Å². The third kappa shape index (κ3) is 2.01. The number of sulfone groups is 1. The number of carbonyl (C=O) groups excluding carboxylic acids is 1. The van der Waals surface area contributed by atoms with Crippen molar-refractivity contribution in [1.29, 1.82) is 0 Å². The number of hydrogen-bond donors (Lipinski definition) is 0. The van der Waals surface area contributed by atoms with Crippen LogP contribution in [0.25, 0.3) is 0 Å². The summed E-state index contributed by atoms with van der Waals surface area (Å²) in [7, 11) is -3.64. The van der Waals surface area contributed by atoms with E-state index in [0.29, 0.717) is 0 Å². The maximum absolute atomic E-state index is 12.8. The molecule has 1 fully saturated rings. The number of allylic oxidation sites excluding steroid dienone is 4. The van der Waals surface area contributed by atoms with Crippen LogP contribution in [0.15, 0.2) is 52.5 Å². The monoisotopic (exact) mass is 302 g/mol. The molecule has 0 heterocycles. The van der Waals surface area contributed by atoms with Crippen LogP contribution in [0, 0.1) is 18.8 Å². The quantitative estimate of drug-likeness (QED) is 0.789. The molecule has 0 amide bonds. The van der Waals surface area contributed by atoms with Crippen molar-refractivity contribution in [2.45, 2.75) is 30.9 Å². The first-order valence-corrected chi connectivity index (χ1v) is 8.58. The summed E-state index contributed by atoms with van der Waals surface area (Å²) in [5, 5.41) is -0.958. The lowest BCUT2D eigenvalue weighted by Gasteiger charge is -2.17. The van der Waals surface area contributed by atoms with Crippen LogP contribution in [0.4, 0.5) is 0 Å². The molecular formula is C17H18O3S. The number of Topliss-reactive ketones (excluding diaryl/α,β-unsaturated/α-hetero) is 1. The van der Waals surface area contributed by atoms with E-state index >= 15 is 0 Å². The molecule has 0 aromatic heterocycles. The molecule has 2 bridgehead atoms. The summed E-state index contributed by atoms with van der Waals surface area (Å²) in [6.07, 6.45) is 3.72. The van der Waals surface area contributed by atoms with Gasteiger partial charge in [-0.3, -0.25) is 4.79 Å². The van der Waals surface area contributed by atoms with Crippen molar-refractivity contribution in [2.75, 3.05) is 0 Å². The average Bonchev–Trinajstić information content (AvgIpc) is 2.94. The van der Waals surface area contributed by atoms with Crippen molar-refractivity contribution in [3.63, 3.8) is 0 Å². The molecule has 110 valence electrons. The molecule has 0 saturated heterocycles. The molecule has 21 heavy (non-hydrogen) atoms. The Morgan fingerprint density at radius 1 is 1.05 bits per heavy atom. The highest BCUT2D eigenvalue weighted by atomic mass is 32.2. The number of ketones is 1. The van der Waals surface area contributed by atoms with Crippen LogP contribution < -0.4 is 0 Å². The Hall–Kier alpha value is -1.68. The molecule has 3 nitrogen and oxygen atoms in total. The molecule has 0 N–H and O–H groups in total. The van der Waals surface area contributed by atoms with Crippen LogP contribution >= 0.6 is 0 Å². The zero-order chi connectivity index (χ0) is 15.4. The number of carbonyl (C=O) groups is 1. The zero-order valence-electron chi connectivity index (χ0n) is 12.3. The van der Waals surface area contributed by atoms with E-state index in [1.807, 2.05) is 32.9 Å². The minimum atomic E-state index is -3.64. The second kappa shape index (κ2) is 4.67. The minimum Gasteiger partial charge on any atom is -0.297 e. The molecule has 4 heteroatoms. The predicted octanol–water partition coefficient (Wildman–Crippen LogP) is 2.86. The molecule has 1 aromatic carbocycles. The van der Waals surface area contributed by atoms with Crippen LogP contribution in [0.3, 0.4) is 0 Å². The molecule has 0 aliphatic heterocycles. The summed E-state index contributed by atoms with van der Waals surface area (Å²) < 4.78 is 25.7. The van der Waals surface area contributed by atoms with Gasteiger partial charge in [0.25, 0.3) is 0 Å². The molecule has 3 rings (SSSR count). The second-order valence-electron chi connectivity index (χ2n) is 6.02. The van der Waals surface area contributed by atoms with Gasteiger partial charge in [-0.1, -0.05) is 35.4 Å². The van der Waals surface area contributed by atoms with Crippen molar-refractivity contribution in [3.8, 4) is 0 Å². The summed E-state index contributed by atoms with van der Waals surface area (Å²) in [6.45, 7) is 5.79. The molecule has 2 aliphatic carbocycles. The van der Waals surface area contributed by atoms with E-state index in [4.69, 9.17) is 0 Å². The first-order valence-electron chi connectivity index (χ1n) is 7.04. The molecule has 0 spiro atoms. The van der Waals surface area contributed by atoms with Gasteiger partial charge >= 0.3 is 0 Å². The van der Waals surface area contributed by atoms with Crippen LogP contribution in [0.2, 0.25) is 0 Å². The fourth-order valence-corrected chi connectivity index (χ4v) is 5.26. The number of hydrogen-bond acceptors (Lipinski definition) is 3. The van der Waals surface area contributed by atoms with Gasteiger partial charge in [0.1, 0.15) is 5.25 Å². The fraction of sp³-hybridized carbons (Fsp3) is 0.353. The summed E-state index contributed by atoms with van der Waals surface area (Å²) >= 11 is 0. The molecule has 1 unspecified atom stereocenters. The van der Waals surface area contributed by atoms with E-state index in [1.165, 1.54) is 0 Å². The molecular weight excluding hydrogens is 284 g/mol. The Balaban J connectivity index is 2.09. The highest BCUT2D eigenvalue weighted by Crippen LogP contribution is 2.47. The Morgan fingerprint density at radius 3 is 2.19 bits per heavy atom. The maximum atomic E-state index is 12.8. The largest absolute Gasteiger partial charge is 0.297 e. The highest BCUT2D eigenvalue weighted by Gasteiger charge is 2.54. The van der Waals surface area contributed by atoms with Gasteiger partial charge in [0.15, 0.2) is 15.6 Å². The third-order valence-corrected chi connectivity index (χ3v) is 6.50. The van der Waals surface area contributed by atoms with Crippen LogP contribution in [0.1, 0.15) is 19.4 Å². The molecule has 1 aromatic rings. The Morgan fingerprint density at radius 2 is 1.67 bits per heavy atom. The van der Waals surface area contributed by atoms with E-state index in [9.17, 15) is 13.2 Å². The molecule has 3 atom stereocenters. The fourth-order valence-electron chi connectivity index (χ4n) is 3.38. The smallest absolute Gasteiger partial charge is 0.189 e. The number of benzene rings is 1. The lowest BCUT2D eigenvalue weighted by atomic mass is 10.00. The van der Waals surface area contributed by atoms with Crippen LogP contribution in [0.5, 0.6) is 0 Å². The number of rotatable bonds is 2. The minimum absolute atomic E-state index is 0.181. The SMILES string of the molecule is CC(C)=C1[C@@H]2C=C[C@H]1C(S(=O)(=O)c1ccc(C)cc1)C2=O. The van der Waals surface area contributed by atoms with E-state index in [0.717, 1.165) is 16.7 Å². The van der Waals surface area contributed by atoms with Gasteiger partial charge in [-0.25, -0.2) is 8.42 Å². The van der Waals surface area contributed by atoms with Crippen molar-refractivity contribution in [3.05, 3.63) is 53.1 Å². The Labute approximate surface area is 125 Å². The Kier molecular flexibility index (Phi) is 3.17. The summed E-state index contributed by atoms with van der Waals surface area (Å²) in [5.41, 5.74) is 3.02. The molecule has 1 saturated carbocycles. The highest BCUT2D eigenvalue weighted by molar-refractivity contribution is 7.93. The standard InChI is InChI=1S/C17H18O3S/c1-10(2)15-13-8-9-14(15)17(16(13)18)21(19,20)12-6-4-11(3)5-7-12/h4-9,13-14,17H,1-3H3/t13-,14+,17?/m0/s1. The van der Waals surface area contributed by atoms with Crippen LogP contribution in [-0.4, -0.2) is 19.5 Å². The van der Waals surface area contributed by atoms with Gasteiger partial charge in [0.2, 0.25) is 0 Å². The van der Waals surface area contributed by atoms with E-state index < -0.39 is 15.1 Å². The van der Waals surface area contributed by atoms with Gasteiger partial charge in [-0.15, -0.1) is 0 Å². The normalized spacial score (nSPS) is 27.5. The van der Waals surface area contributed by atoms with Crippen molar-refractivity contribution in [1.82, 2.24) is 0 Å². The molecule has 0 radical (unpaired) electrons. The van der Waals surface area contributed by atoms with Crippen molar-refractivity contribution >= 4 is 15.6 Å². The number of aryl methyl sites for hydroxylation is 1. The summed E-state index contributed by atoms with van der Waals surface area (Å²) in [6, 6.07) is 6.72. The lowest BCUT2D eigenvalue weighted by molar-refractivity contribution is -0.119. The summed E-state index contributed by atoms with van der Waals surface area (Å²) in [5.74, 6) is -0.816. The second-order valence-corrected chi connectivity index (χ2v) is 8.09. The van der Waals surface area contributed by atoms with Gasteiger partial charge in [-0.05, 0) is 38.5 Å². The Bertz CT molecular complexity index is 763. The van der Waals surface area contributed by atoms with Crippen LogP contribution in [-0.2, 0) is 14.6 Å². The van der Waals surface area contributed by atoms with Crippen molar-refractivity contribution in [2.24, 2.45) is 11.8 Å². The van der Waals surface area contributed by atoms with E-state index in [-0.39, 0.29) is 22.5 Å². The predicted molar refractivity (Wildman–Crippen MR) is 81.7 cm³/mol. The molecule has 2 aliphatic rings. The average molecular weight is 302 g/mol. The lowest BCUT2D eigenvalue weighted by Crippen LogP contribution is -2.33. The first kappa shape index (κ1) is 14.3. The van der Waals surface area contributed by atoms with Gasteiger partial charge in [0, 0.05) is 5.92 Å². The van der Waals surface area contributed by atoms with Gasteiger partial charge in [0.05, 0.1) is 10.8 Å². The third-order valence-electron chi connectivity index (χ3n) is 4.38. The topological polar surface area (TPSA) is 51.2 Å². The van der Waals surface area contributed by atoms with Gasteiger partial charge in [-0.2, -0.15) is 0 Å². The van der Waals surface area contributed by atoms with E-state index in [2.05, 4.69) is 0 Å². The first-order chi connectivity index (χ1) is 9.84.